The maximum absolute atomic E-state index is 11.3. The molecule has 0 aliphatic rings. The first-order valence-corrected chi connectivity index (χ1v) is 7.97. The topological polar surface area (TPSA) is 108 Å². The number of halogens is 3. The van der Waals surface area contributed by atoms with Gasteiger partial charge >= 0.3 is 18.2 Å². The van der Waals surface area contributed by atoms with Crippen LogP contribution in [0.1, 0.15) is 46.5 Å². The zero-order chi connectivity index (χ0) is 19.9. The van der Waals surface area contributed by atoms with Crippen molar-refractivity contribution in [2.24, 2.45) is 0 Å². The smallest absolute Gasteiger partial charge is 0.444 e. The first kappa shape index (κ1) is 25.7. The first-order chi connectivity index (χ1) is 11.4. The van der Waals surface area contributed by atoms with Gasteiger partial charge in [0.1, 0.15) is 5.60 Å². The van der Waals surface area contributed by atoms with Gasteiger partial charge in [0.2, 0.25) is 0 Å². The Morgan fingerprint density at radius 1 is 0.880 bits per heavy atom. The number of aliphatic hydroxyl groups is 2. The normalized spacial score (nSPS) is 11.2. The predicted molar refractivity (Wildman–Crippen MR) is 85.9 cm³/mol. The Balaban J connectivity index is 0. The summed E-state index contributed by atoms with van der Waals surface area (Å²) < 4.78 is 38.9. The maximum atomic E-state index is 11.3. The summed E-state index contributed by atoms with van der Waals surface area (Å²) in [5, 5.41) is 20.7. The summed E-state index contributed by atoms with van der Waals surface area (Å²) in [6, 6.07) is 0. The van der Waals surface area contributed by atoms with E-state index in [0.717, 1.165) is 25.7 Å². The van der Waals surface area contributed by atoms with E-state index in [9.17, 15) is 22.8 Å². The standard InChI is InChI=1S/C11H23NO3.C4H6F3NO2/c1-11(2,3)15-10(14)12-8-6-4-5-7-9-13;5-4(6,7)3(10)8-1-2-9/h13H,4-9H2,1-3H3,(H,12,14);9H,1-2H2,(H,8,10). The number of alkyl carbamates (subject to hydrolysis) is 1. The summed E-state index contributed by atoms with van der Waals surface area (Å²) in [5.41, 5.74) is -0.430. The van der Waals surface area contributed by atoms with Gasteiger partial charge in [-0.2, -0.15) is 13.2 Å². The van der Waals surface area contributed by atoms with Crippen molar-refractivity contribution in [2.75, 3.05) is 26.3 Å². The maximum Gasteiger partial charge on any atom is 0.471 e. The van der Waals surface area contributed by atoms with Crippen LogP contribution in [0.25, 0.3) is 0 Å². The van der Waals surface area contributed by atoms with E-state index < -0.39 is 24.3 Å². The van der Waals surface area contributed by atoms with Gasteiger partial charge in [-0.15, -0.1) is 0 Å². The van der Waals surface area contributed by atoms with Crippen molar-refractivity contribution in [1.82, 2.24) is 10.6 Å². The molecule has 0 heterocycles. The summed E-state index contributed by atoms with van der Waals surface area (Å²) >= 11 is 0. The SMILES string of the molecule is CC(C)(C)OC(=O)NCCCCCCO.O=C(NCCO)C(F)(F)F. The lowest BCUT2D eigenvalue weighted by atomic mass is 10.2. The highest BCUT2D eigenvalue weighted by molar-refractivity contribution is 5.81. The van der Waals surface area contributed by atoms with Gasteiger partial charge < -0.3 is 25.6 Å². The fourth-order valence-corrected chi connectivity index (χ4v) is 1.36. The van der Waals surface area contributed by atoms with E-state index in [1.165, 1.54) is 5.32 Å². The van der Waals surface area contributed by atoms with Crippen LogP contribution >= 0.6 is 0 Å². The third kappa shape index (κ3) is 20.4. The fraction of sp³-hybridized carbons (Fsp3) is 0.867. The highest BCUT2D eigenvalue weighted by Crippen LogP contribution is 2.13. The largest absolute Gasteiger partial charge is 0.471 e. The molecule has 7 nitrogen and oxygen atoms in total. The Morgan fingerprint density at radius 3 is 1.88 bits per heavy atom. The van der Waals surface area contributed by atoms with Gasteiger partial charge in [-0.3, -0.25) is 4.79 Å². The summed E-state index contributed by atoms with van der Waals surface area (Å²) in [5.74, 6) is -2.03. The van der Waals surface area contributed by atoms with Crippen molar-refractivity contribution in [1.29, 1.82) is 0 Å². The van der Waals surface area contributed by atoms with Gasteiger partial charge in [0.25, 0.3) is 0 Å². The lowest BCUT2D eigenvalue weighted by molar-refractivity contribution is -0.173. The molecule has 0 unspecified atom stereocenters. The van der Waals surface area contributed by atoms with Crippen molar-refractivity contribution in [3.05, 3.63) is 0 Å². The number of hydrogen-bond acceptors (Lipinski definition) is 5. The molecule has 0 aromatic rings. The summed E-state index contributed by atoms with van der Waals surface area (Å²) in [6.07, 6.45) is -1.41. The molecule has 0 saturated carbocycles. The van der Waals surface area contributed by atoms with E-state index in [-0.39, 0.29) is 19.2 Å². The van der Waals surface area contributed by atoms with E-state index in [1.54, 1.807) is 0 Å². The van der Waals surface area contributed by atoms with E-state index in [0.29, 0.717) is 6.54 Å². The summed E-state index contributed by atoms with van der Waals surface area (Å²) in [4.78, 5) is 21.1. The van der Waals surface area contributed by atoms with Crippen LogP contribution in [0.2, 0.25) is 0 Å². The highest BCUT2D eigenvalue weighted by Gasteiger charge is 2.38. The minimum atomic E-state index is -4.85. The molecular formula is C15H29F3N2O5. The zero-order valence-electron chi connectivity index (χ0n) is 14.9. The van der Waals surface area contributed by atoms with Gasteiger partial charge in [0.15, 0.2) is 0 Å². The quantitative estimate of drug-likeness (QED) is 0.484. The molecule has 0 rings (SSSR count). The number of ether oxygens (including phenoxy) is 1. The number of carbonyl (C=O) groups is 2. The third-order valence-electron chi connectivity index (χ3n) is 2.41. The number of unbranched alkanes of at least 4 members (excludes halogenated alkanes) is 3. The number of rotatable bonds is 8. The number of amides is 2. The average Bonchev–Trinajstić information content (AvgIpc) is 2.46. The number of carbonyl (C=O) groups excluding carboxylic acids is 2. The van der Waals surface area contributed by atoms with Crippen molar-refractivity contribution in [3.63, 3.8) is 0 Å². The molecule has 0 aliphatic heterocycles. The second-order valence-electron chi connectivity index (χ2n) is 6.04. The van der Waals surface area contributed by atoms with Crippen molar-refractivity contribution in [3.8, 4) is 0 Å². The van der Waals surface area contributed by atoms with E-state index in [1.807, 2.05) is 20.8 Å². The lowest BCUT2D eigenvalue weighted by Gasteiger charge is -2.19. The Bertz CT molecular complexity index is 371. The molecule has 2 amide bonds. The van der Waals surface area contributed by atoms with Gasteiger partial charge in [-0.25, -0.2) is 4.79 Å². The molecule has 0 atom stereocenters. The summed E-state index contributed by atoms with van der Waals surface area (Å²) in [6.45, 7) is 5.54. The Labute approximate surface area is 145 Å². The minimum absolute atomic E-state index is 0.249. The van der Waals surface area contributed by atoms with Crippen LogP contribution in [0.3, 0.4) is 0 Å². The molecule has 0 radical (unpaired) electrons. The molecular weight excluding hydrogens is 345 g/mol. The van der Waals surface area contributed by atoms with Gasteiger partial charge in [0, 0.05) is 19.7 Å². The molecule has 25 heavy (non-hydrogen) atoms. The molecule has 10 heteroatoms. The molecule has 0 spiro atoms. The van der Waals surface area contributed by atoms with Crippen LogP contribution in [0.15, 0.2) is 0 Å². The Hall–Kier alpha value is -1.55. The van der Waals surface area contributed by atoms with Crippen LogP contribution in [0.4, 0.5) is 18.0 Å². The van der Waals surface area contributed by atoms with Crippen molar-refractivity contribution >= 4 is 12.0 Å². The molecule has 0 fully saturated rings. The first-order valence-electron chi connectivity index (χ1n) is 7.97. The second kappa shape index (κ2) is 13.7. The van der Waals surface area contributed by atoms with Crippen LogP contribution in [0.5, 0.6) is 0 Å². The number of aliphatic hydroxyl groups excluding tert-OH is 2. The van der Waals surface area contributed by atoms with Crippen LogP contribution in [-0.2, 0) is 9.53 Å². The van der Waals surface area contributed by atoms with E-state index in [4.69, 9.17) is 14.9 Å². The Morgan fingerprint density at radius 2 is 1.44 bits per heavy atom. The van der Waals surface area contributed by atoms with E-state index in [2.05, 4.69) is 5.32 Å². The highest BCUT2D eigenvalue weighted by atomic mass is 19.4. The number of alkyl halides is 3. The number of hydrogen-bond donors (Lipinski definition) is 4. The zero-order valence-corrected chi connectivity index (χ0v) is 14.9. The van der Waals surface area contributed by atoms with Crippen LogP contribution in [0, 0.1) is 0 Å². The number of nitrogens with one attached hydrogen (secondary N) is 2. The molecule has 0 aromatic heterocycles. The molecule has 0 saturated heterocycles. The van der Waals surface area contributed by atoms with Crippen LogP contribution < -0.4 is 10.6 Å². The second-order valence-corrected chi connectivity index (χ2v) is 6.04. The monoisotopic (exact) mass is 374 g/mol. The fourth-order valence-electron chi connectivity index (χ4n) is 1.36. The van der Waals surface area contributed by atoms with Crippen LogP contribution in [-0.4, -0.2) is 60.3 Å². The molecule has 4 N–H and O–H groups in total. The van der Waals surface area contributed by atoms with Gasteiger partial charge in [-0.05, 0) is 33.6 Å². The lowest BCUT2D eigenvalue weighted by Crippen LogP contribution is -2.38. The van der Waals surface area contributed by atoms with Crippen molar-refractivity contribution < 1.29 is 37.7 Å². The Kier molecular flexibility index (Phi) is 14.1. The van der Waals surface area contributed by atoms with E-state index >= 15 is 0 Å². The molecule has 150 valence electrons. The minimum Gasteiger partial charge on any atom is -0.444 e. The average molecular weight is 374 g/mol. The molecule has 0 aromatic carbocycles. The van der Waals surface area contributed by atoms with Gasteiger partial charge in [-0.1, -0.05) is 12.8 Å². The van der Waals surface area contributed by atoms with Gasteiger partial charge in [0.05, 0.1) is 6.61 Å². The van der Waals surface area contributed by atoms with Crippen molar-refractivity contribution in [2.45, 2.75) is 58.2 Å². The molecule has 0 bridgehead atoms. The summed E-state index contributed by atoms with van der Waals surface area (Å²) in [7, 11) is 0. The molecule has 0 aliphatic carbocycles. The third-order valence-corrected chi connectivity index (χ3v) is 2.41. The predicted octanol–water partition coefficient (Wildman–Crippen LogP) is 1.72.